The third kappa shape index (κ3) is 4.80. The Morgan fingerprint density at radius 2 is 1.60 bits per heavy atom. The van der Waals surface area contributed by atoms with Gasteiger partial charge in [0.2, 0.25) is 5.88 Å². The van der Waals surface area contributed by atoms with Gasteiger partial charge in [-0.1, -0.05) is 18.2 Å². The Balaban J connectivity index is 1.62. The molecule has 2 N–H and O–H groups in total. The molecule has 4 rings (SSSR count). The number of ether oxygens (including phenoxy) is 4. The highest BCUT2D eigenvalue weighted by Crippen LogP contribution is 2.43. The Morgan fingerprint density at radius 1 is 0.971 bits per heavy atom. The summed E-state index contributed by atoms with van der Waals surface area (Å²) >= 11 is 0. The van der Waals surface area contributed by atoms with Crippen molar-refractivity contribution < 1.29 is 28.5 Å². The quantitative estimate of drug-likeness (QED) is 0.418. The maximum Gasteiger partial charge on any atom is 0.343 e. The van der Waals surface area contributed by atoms with Gasteiger partial charge in [0.05, 0.1) is 30.8 Å². The van der Waals surface area contributed by atoms with E-state index in [0.29, 0.717) is 34.8 Å². The highest BCUT2D eigenvalue weighted by atomic mass is 16.5. The predicted octanol–water partition coefficient (Wildman–Crippen LogP) is 4.31. The van der Waals surface area contributed by atoms with Gasteiger partial charge in [-0.25, -0.2) is 9.59 Å². The van der Waals surface area contributed by atoms with Crippen molar-refractivity contribution in [2.24, 2.45) is 5.73 Å². The third-order valence-corrected chi connectivity index (χ3v) is 5.47. The maximum absolute atomic E-state index is 12.6. The topological polar surface area (TPSA) is 121 Å². The molecule has 3 aromatic carbocycles. The highest BCUT2D eigenvalue weighted by Gasteiger charge is 2.31. The zero-order valence-electron chi connectivity index (χ0n) is 19.1. The average Bonchev–Trinajstić information content (AvgIpc) is 2.88. The van der Waals surface area contributed by atoms with E-state index in [0.717, 1.165) is 5.56 Å². The maximum atomic E-state index is 12.6. The number of benzene rings is 3. The van der Waals surface area contributed by atoms with E-state index in [2.05, 4.69) is 6.07 Å². The fourth-order valence-corrected chi connectivity index (χ4v) is 3.79. The van der Waals surface area contributed by atoms with Crippen LogP contribution in [0.2, 0.25) is 0 Å². The molecule has 1 aliphatic heterocycles. The van der Waals surface area contributed by atoms with Crippen LogP contribution >= 0.6 is 0 Å². The van der Waals surface area contributed by atoms with Crippen molar-refractivity contribution in [2.45, 2.75) is 12.8 Å². The highest BCUT2D eigenvalue weighted by molar-refractivity contribution is 5.91. The van der Waals surface area contributed by atoms with E-state index >= 15 is 0 Å². The normalized spacial score (nSPS) is 14.3. The van der Waals surface area contributed by atoms with Crippen LogP contribution in [-0.4, -0.2) is 25.7 Å². The molecule has 3 aromatic rings. The first kappa shape index (κ1) is 23.4. The number of carbonyl (C=O) groups excluding carboxylic acids is 2. The smallest absolute Gasteiger partial charge is 0.343 e. The van der Waals surface area contributed by atoms with Crippen molar-refractivity contribution in [3.8, 4) is 23.3 Å². The molecule has 35 heavy (non-hydrogen) atoms. The molecular weight excluding hydrogens is 448 g/mol. The van der Waals surface area contributed by atoms with Crippen LogP contribution < -0.4 is 19.9 Å². The third-order valence-electron chi connectivity index (χ3n) is 5.47. The molecule has 0 spiro atoms. The van der Waals surface area contributed by atoms with Gasteiger partial charge in [0, 0.05) is 11.6 Å². The molecule has 176 valence electrons. The Labute approximate surface area is 202 Å². The number of nitrogens with two attached hydrogens (primary N) is 1. The molecule has 0 radical (unpaired) electrons. The van der Waals surface area contributed by atoms with E-state index in [9.17, 15) is 14.9 Å². The van der Waals surface area contributed by atoms with Crippen LogP contribution in [0.4, 0.5) is 0 Å². The molecular formula is C27H22N2O6. The number of hydrogen-bond acceptors (Lipinski definition) is 8. The molecule has 0 saturated carbocycles. The summed E-state index contributed by atoms with van der Waals surface area (Å²) in [6.07, 6.45) is 0. The van der Waals surface area contributed by atoms with E-state index in [4.69, 9.17) is 24.7 Å². The zero-order chi connectivity index (χ0) is 24.9. The van der Waals surface area contributed by atoms with Gasteiger partial charge in [-0.05, 0) is 55.0 Å². The Hall–Kier alpha value is -4.77. The van der Waals surface area contributed by atoms with Crippen molar-refractivity contribution in [1.82, 2.24) is 0 Å². The van der Waals surface area contributed by atoms with E-state index in [-0.39, 0.29) is 17.2 Å². The van der Waals surface area contributed by atoms with Crippen LogP contribution in [0, 0.1) is 11.3 Å². The molecule has 1 atom stereocenters. The number of methoxy groups -OCH3 is 1. The largest absolute Gasteiger partial charge is 0.494 e. The number of nitrogens with zero attached hydrogens (tertiary/aromatic N) is 1. The second-order valence-electron chi connectivity index (χ2n) is 7.58. The van der Waals surface area contributed by atoms with Crippen molar-refractivity contribution in [2.75, 3.05) is 13.7 Å². The van der Waals surface area contributed by atoms with Gasteiger partial charge in [0.15, 0.2) is 0 Å². The molecule has 0 aliphatic carbocycles. The van der Waals surface area contributed by atoms with Gasteiger partial charge in [0.1, 0.15) is 28.9 Å². The summed E-state index contributed by atoms with van der Waals surface area (Å²) in [5, 5.41) is 9.73. The standard InChI is InChI=1S/C27H22N2O6/c1-3-33-19-10-8-18(9-11-19)27(31)34-20-12-13-21-23(14-20)35-25(29)22(15-28)24(21)16-4-6-17(7-5-16)26(30)32-2/h4-14,24H,3,29H2,1-2H3. The number of allylic oxidation sites excluding steroid dienone is 1. The van der Waals surface area contributed by atoms with Crippen LogP contribution in [0.15, 0.2) is 78.2 Å². The minimum atomic E-state index is -0.542. The fraction of sp³-hybridized carbons (Fsp3) is 0.148. The van der Waals surface area contributed by atoms with Gasteiger partial charge in [-0.2, -0.15) is 5.26 Å². The molecule has 0 bridgehead atoms. The number of hydrogen-bond donors (Lipinski definition) is 1. The summed E-state index contributed by atoms with van der Waals surface area (Å²) in [7, 11) is 1.31. The molecule has 0 aromatic heterocycles. The second kappa shape index (κ2) is 10.0. The predicted molar refractivity (Wildman–Crippen MR) is 126 cm³/mol. The number of esters is 2. The molecule has 8 nitrogen and oxygen atoms in total. The first-order valence-electron chi connectivity index (χ1n) is 10.8. The lowest BCUT2D eigenvalue weighted by Crippen LogP contribution is -2.21. The van der Waals surface area contributed by atoms with Crippen LogP contribution in [0.5, 0.6) is 17.2 Å². The number of rotatable bonds is 6. The minimum absolute atomic E-state index is 0.0444. The van der Waals surface area contributed by atoms with Gasteiger partial charge in [-0.3, -0.25) is 0 Å². The summed E-state index contributed by atoms with van der Waals surface area (Å²) in [6, 6.07) is 20.4. The van der Waals surface area contributed by atoms with Crippen molar-refractivity contribution in [3.05, 3.63) is 100 Å². The molecule has 8 heteroatoms. The van der Waals surface area contributed by atoms with Gasteiger partial charge < -0.3 is 24.7 Å². The van der Waals surface area contributed by atoms with E-state index < -0.39 is 17.9 Å². The summed E-state index contributed by atoms with van der Waals surface area (Å²) in [4.78, 5) is 24.4. The lowest BCUT2D eigenvalue weighted by Gasteiger charge is -2.26. The van der Waals surface area contributed by atoms with Gasteiger partial charge >= 0.3 is 11.9 Å². The number of carbonyl (C=O) groups is 2. The van der Waals surface area contributed by atoms with Crippen molar-refractivity contribution in [3.63, 3.8) is 0 Å². The molecule has 1 heterocycles. The monoisotopic (exact) mass is 470 g/mol. The molecule has 1 unspecified atom stereocenters. The first-order chi connectivity index (χ1) is 16.9. The van der Waals surface area contributed by atoms with E-state index in [1.807, 2.05) is 6.92 Å². The Kier molecular flexibility index (Phi) is 6.69. The first-order valence-corrected chi connectivity index (χ1v) is 10.8. The number of nitriles is 1. The molecule has 0 saturated heterocycles. The second-order valence-corrected chi connectivity index (χ2v) is 7.58. The lowest BCUT2D eigenvalue weighted by molar-refractivity contribution is 0.0600. The molecule has 0 amide bonds. The SMILES string of the molecule is CCOc1ccc(C(=O)Oc2ccc3c(c2)OC(N)=C(C#N)C3c2ccc(C(=O)OC)cc2)cc1. The van der Waals surface area contributed by atoms with E-state index in [1.54, 1.807) is 66.7 Å². The van der Waals surface area contributed by atoms with Gasteiger partial charge in [0.25, 0.3) is 0 Å². The fourth-order valence-electron chi connectivity index (χ4n) is 3.79. The zero-order valence-corrected chi connectivity index (χ0v) is 19.1. The molecule has 1 aliphatic rings. The Morgan fingerprint density at radius 3 is 2.23 bits per heavy atom. The van der Waals surface area contributed by atoms with Crippen LogP contribution in [-0.2, 0) is 4.74 Å². The van der Waals surface area contributed by atoms with Crippen molar-refractivity contribution in [1.29, 1.82) is 5.26 Å². The number of fused-ring (bicyclic) bond motifs is 1. The lowest BCUT2D eigenvalue weighted by atomic mass is 9.83. The molecule has 0 fully saturated rings. The summed E-state index contributed by atoms with van der Waals surface area (Å²) < 4.78 is 21.3. The van der Waals surface area contributed by atoms with Crippen LogP contribution in [0.25, 0.3) is 0 Å². The summed E-state index contributed by atoms with van der Waals surface area (Å²) in [6.45, 7) is 2.41. The van der Waals surface area contributed by atoms with Crippen molar-refractivity contribution >= 4 is 11.9 Å². The van der Waals surface area contributed by atoms with Gasteiger partial charge in [-0.15, -0.1) is 0 Å². The van der Waals surface area contributed by atoms with Crippen LogP contribution in [0.1, 0.15) is 44.7 Å². The average molecular weight is 470 g/mol. The summed E-state index contributed by atoms with van der Waals surface area (Å²) in [5.74, 6) is -0.287. The van der Waals surface area contributed by atoms with Crippen LogP contribution in [0.3, 0.4) is 0 Å². The Bertz CT molecular complexity index is 1340. The summed E-state index contributed by atoms with van der Waals surface area (Å²) in [5.41, 5.74) is 8.45. The van der Waals surface area contributed by atoms with E-state index in [1.165, 1.54) is 7.11 Å². The minimum Gasteiger partial charge on any atom is -0.494 e.